The van der Waals surface area contributed by atoms with Crippen LogP contribution < -0.4 is 0 Å². The highest BCUT2D eigenvalue weighted by atomic mass is 19.3. The van der Waals surface area contributed by atoms with Gasteiger partial charge in [0.15, 0.2) is 5.67 Å². The molecule has 12 heavy (non-hydrogen) atoms. The average molecular weight is 186 g/mol. The number of hydrogen-bond acceptors (Lipinski definition) is 0. The molecule has 1 rings (SSSR count). The molecule has 1 unspecified atom stereocenters. The summed E-state index contributed by atoms with van der Waals surface area (Å²) in [5, 5.41) is 0. The van der Waals surface area contributed by atoms with E-state index >= 15 is 0 Å². The predicted octanol–water partition coefficient (Wildman–Crippen LogP) is 3.29. The Bertz CT molecular complexity index is 206. The Morgan fingerprint density at radius 1 is 1.17 bits per heavy atom. The van der Waals surface area contributed by atoms with E-state index in [4.69, 9.17) is 0 Å². The first kappa shape index (κ1) is 9.48. The van der Waals surface area contributed by atoms with Crippen LogP contribution in [0.3, 0.4) is 0 Å². The first-order valence-electron chi connectivity index (χ1n) is 3.36. The van der Waals surface area contributed by atoms with Crippen molar-refractivity contribution in [2.45, 2.75) is 31.4 Å². The van der Waals surface area contributed by atoms with Gasteiger partial charge in [0.25, 0.3) is 12.0 Å². The van der Waals surface area contributed by atoms with Crippen molar-refractivity contribution in [1.29, 1.82) is 0 Å². The molecule has 0 aliphatic heterocycles. The highest BCUT2D eigenvalue weighted by Gasteiger charge is 2.57. The average Bonchev–Trinajstić information content (AvgIpc) is 2.03. The van der Waals surface area contributed by atoms with Gasteiger partial charge in [0, 0.05) is 18.4 Å². The predicted molar refractivity (Wildman–Crippen MR) is 32.9 cm³/mol. The van der Waals surface area contributed by atoms with Gasteiger partial charge in [-0.3, -0.25) is 0 Å². The Morgan fingerprint density at radius 2 is 1.67 bits per heavy atom. The fourth-order valence-corrected chi connectivity index (χ4v) is 1.18. The second kappa shape index (κ2) is 2.44. The molecule has 0 amide bonds. The topological polar surface area (TPSA) is 0 Å². The molecule has 1 fully saturated rings. The second-order valence-electron chi connectivity index (χ2n) is 3.12. The van der Waals surface area contributed by atoms with Crippen molar-refractivity contribution in [2.75, 3.05) is 0 Å². The molecule has 0 nitrogen and oxygen atoms in total. The second-order valence-corrected chi connectivity index (χ2v) is 3.12. The molecular formula is C7H7F5. The molecule has 0 saturated heterocycles. The maximum absolute atomic E-state index is 12.9. The minimum atomic E-state index is -3.66. The summed E-state index contributed by atoms with van der Waals surface area (Å²) in [6.07, 6.45) is -4.22. The third-order valence-corrected chi connectivity index (χ3v) is 2.01. The molecule has 0 bridgehead atoms. The molecule has 1 atom stereocenters. The molecule has 1 aliphatic carbocycles. The Kier molecular flexibility index (Phi) is 1.92. The quantitative estimate of drug-likeness (QED) is 0.509. The lowest BCUT2D eigenvalue weighted by atomic mass is 10.0. The molecule has 1 aliphatic rings. The van der Waals surface area contributed by atoms with Crippen molar-refractivity contribution >= 4 is 0 Å². The van der Waals surface area contributed by atoms with Crippen molar-refractivity contribution < 1.29 is 22.0 Å². The van der Waals surface area contributed by atoms with Crippen LogP contribution in [0, 0.1) is 0 Å². The summed E-state index contributed by atoms with van der Waals surface area (Å²) in [7, 11) is 0. The van der Waals surface area contributed by atoms with Gasteiger partial charge in [-0.2, -0.15) is 8.78 Å². The molecule has 0 radical (unpaired) electrons. The van der Waals surface area contributed by atoms with Gasteiger partial charge in [-0.15, -0.1) is 0 Å². The normalized spacial score (nSPS) is 34.0. The summed E-state index contributed by atoms with van der Waals surface area (Å²) in [5.41, 5.74) is -3.60. The Labute approximate surface area is 66.1 Å². The highest BCUT2D eigenvalue weighted by molar-refractivity contribution is 5.20. The zero-order chi connectivity index (χ0) is 9.57. The molecule has 5 heteroatoms. The Balaban J connectivity index is 2.97. The summed E-state index contributed by atoms with van der Waals surface area (Å²) in [6, 6.07) is 0. The fourth-order valence-electron chi connectivity index (χ4n) is 1.18. The van der Waals surface area contributed by atoms with Crippen molar-refractivity contribution in [3.05, 3.63) is 11.7 Å². The van der Waals surface area contributed by atoms with E-state index in [9.17, 15) is 22.0 Å². The van der Waals surface area contributed by atoms with Crippen LogP contribution in [0.25, 0.3) is 0 Å². The lowest BCUT2D eigenvalue weighted by Crippen LogP contribution is -2.35. The van der Waals surface area contributed by atoms with Crippen molar-refractivity contribution in [3.8, 4) is 0 Å². The standard InChI is InChI=1S/C7H7F5/c1-6(10)2-4(5(8)9)3-7(6,11)12/h2-3H2,1H3. The summed E-state index contributed by atoms with van der Waals surface area (Å²) in [6.45, 7) is 0.642. The zero-order valence-electron chi connectivity index (χ0n) is 6.30. The SMILES string of the molecule is CC1(F)CC(=C(F)F)CC1(F)F. The van der Waals surface area contributed by atoms with Crippen LogP contribution in [0.2, 0.25) is 0 Å². The summed E-state index contributed by atoms with van der Waals surface area (Å²) >= 11 is 0. The molecule has 0 aromatic heterocycles. The molecule has 70 valence electrons. The number of alkyl halides is 3. The van der Waals surface area contributed by atoms with Gasteiger partial charge in [0.2, 0.25) is 0 Å². The molecule has 0 aromatic carbocycles. The van der Waals surface area contributed by atoms with Gasteiger partial charge in [-0.25, -0.2) is 13.2 Å². The van der Waals surface area contributed by atoms with Crippen LogP contribution in [0.4, 0.5) is 22.0 Å². The molecule has 0 aromatic rings. The van der Waals surface area contributed by atoms with Crippen LogP contribution in [-0.4, -0.2) is 11.6 Å². The summed E-state index contributed by atoms with van der Waals surface area (Å²) < 4.78 is 61.7. The van der Waals surface area contributed by atoms with Crippen molar-refractivity contribution in [2.24, 2.45) is 0 Å². The number of hydrogen-bond donors (Lipinski definition) is 0. The highest BCUT2D eigenvalue weighted by Crippen LogP contribution is 2.49. The number of halogens is 5. The minimum absolute atomic E-state index is 0.642. The Morgan fingerprint density at radius 3 is 1.83 bits per heavy atom. The largest absolute Gasteiger partial charge is 0.285 e. The van der Waals surface area contributed by atoms with Gasteiger partial charge in [-0.05, 0) is 6.92 Å². The third kappa shape index (κ3) is 1.32. The third-order valence-electron chi connectivity index (χ3n) is 2.01. The van der Waals surface area contributed by atoms with Crippen LogP contribution in [-0.2, 0) is 0 Å². The molecule has 0 spiro atoms. The smallest absolute Gasteiger partial charge is 0.237 e. The van der Waals surface area contributed by atoms with Crippen LogP contribution in [0.5, 0.6) is 0 Å². The summed E-state index contributed by atoms with van der Waals surface area (Å²) in [4.78, 5) is 0. The van der Waals surface area contributed by atoms with Crippen LogP contribution >= 0.6 is 0 Å². The van der Waals surface area contributed by atoms with E-state index in [1.54, 1.807) is 0 Å². The maximum Gasteiger partial charge on any atom is 0.285 e. The first-order chi connectivity index (χ1) is 5.26. The zero-order valence-corrected chi connectivity index (χ0v) is 6.30. The molecular weight excluding hydrogens is 179 g/mol. The maximum atomic E-state index is 12.9. The lowest BCUT2D eigenvalue weighted by Gasteiger charge is -2.20. The van der Waals surface area contributed by atoms with E-state index in [1.165, 1.54) is 0 Å². The van der Waals surface area contributed by atoms with Gasteiger partial charge in [0.05, 0.1) is 0 Å². The van der Waals surface area contributed by atoms with Gasteiger partial charge in [0.1, 0.15) is 0 Å². The minimum Gasteiger partial charge on any atom is -0.237 e. The van der Waals surface area contributed by atoms with Gasteiger partial charge < -0.3 is 0 Å². The van der Waals surface area contributed by atoms with E-state index in [1.807, 2.05) is 0 Å². The number of allylic oxidation sites excluding steroid dienone is 1. The van der Waals surface area contributed by atoms with Crippen molar-refractivity contribution in [1.82, 2.24) is 0 Å². The van der Waals surface area contributed by atoms with Crippen LogP contribution in [0.1, 0.15) is 19.8 Å². The van der Waals surface area contributed by atoms with Gasteiger partial charge in [-0.1, -0.05) is 0 Å². The van der Waals surface area contributed by atoms with E-state index in [-0.39, 0.29) is 0 Å². The van der Waals surface area contributed by atoms with Gasteiger partial charge >= 0.3 is 0 Å². The molecule has 1 saturated carbocycles. The van der Waals surface area contributed by atoms with Crippen molar-refractivity contribution in [3.63, 3.8) is 0 Å². The molecule has 0 heterocycles. The summed E-state index contributed by atoms with van der Waals surface area (Å²) in [5.74, 6) is -3.66. The van der Waals surface area contributed by atoms with E-state index in [0.29, 0.717) is 6.92 Å². The van der Waals surface area contributed by atoms with E-state index < -0.39 is 36.1 Å². The first-order valence-corrected chi connectivity index (χ1v) is 3.36. The monoisotopic (exact) mass is 186 g/mol. The lowest BCUT2D eigenvalue weighted by molar-refractivity contribution is -0.104. The van der Waals surface area contributed by atoms with E-state index in [0.717, 1.165) is 0 Å². The van der Waals surface area contributed by atoms with Crippen LogP contribution in [0.15, 0.2) is 11.7 Å². The Hall–Kier alpha value is -0.610. The molecule has 0 N–H and O–H groups in total. The fraction of sp³-hybridized carbons (Fsp3) is 0.714. The van der Waals surface area contributed by atoms with E-state index in [2.05, 4.69) is 0 Å². The number of rotatable bonds is 0.